The van der Waals surface area contributed by atoms with Gasteiger partial charge in [0.1, 0.15) is 0 Å². The molecule has 29 heavy (non-hydrogen) atoms. The molecule has 0 rings (SSSR count). The van der Waals surface area contributed by atoms with Crippen molar-refractivity contribution in [3.8, 4) is 0 Å². The number of unbranched alkanes of at least 4 members (excludes halogenated alkanes) is 15. The molecule has 0 N–H and O–H groups in total. The van der Waals surface area contributed by atoms with Gasteiger partial charge in [-0.2, -0.15) is 0 Å². The molecule has 0 atom stereocenters. The summed E-state index contributed by atoms with van der Waals surface area (Å²) in [5.41, 5.74) is 1.47. The summed E-state index contributed by atoms with van der Waals surface area (Å²) in [6, 6.07) is 0. The van der Waals surface area contributed by atoms with Crippen molar-refractivity contribution in [2.24, 2.45) is 0 Å². The Kier molecular flexibility index (Phi) is 21.5. The molecule has 0 aromatic rings. The molecule has 1 heteroatoms. The monoisotopic (exact) mass is 426 g/mol. The molecule has 176 valence electrons. The molecule has 0 aromatic carbocycles. The van der Waals surface area contributed by atoms with Crippen molar-refractivity contribution in [1.82, 2.24) is 0 Å². The Morgan fingerprint density at radius 3 is 1.14 bits per heavy atom. The van der Waals surface area contributed by atoms with Crippen LogP contribution < -0.4 is 0 Å². The summed E-state index contributed by atoms with van der Waals surface area (Å²) in [7, 11) is -1.10. The summed E-state index contributed by atoms with van der Waals surface area (Å²) in [6.07, 6.45) is 32.4. The van der Waals surface area contributed by atoms with E-state index in [1.54, 1.807) is 18.5 Å². The van der Waals surface area contributed by atoms with Crippen LogP contribution in [-0.2, 0) is 0 Å². The second-order valence-electron chi connectivity index (χ2n) is 10.2. The van der Waals surface area contributed by atoms with Gasteiger partial charge in [-0.3, -0.25) is 0 Å². The average molecular weight is 427 g/mol. The Morgan fingerprint density at radius 1 is 0.483 bits per heavy atom. The molecule has 0 fully saturated rings. The first-order valence-corrected chi connectivity index (χ1v) is 16.6. The van der Waals surface area contributed by atoms with E-state index in [0.717, 1.165) is 0 Å². The SMILES string of the molecule is C=C(C)C[PH](CCCC)(CCCC)CCCCCCCCCCCCCCCC. The normalized spacial score (nSPS) is 12.4. The number of rotatable bonds is 23. The van der Waals surface area contributed by atoms with Crippen molar-refractivity contribution < 1.29 is 0 Å². The molecule has 0 heterocycles. The van der Waals surface area contributed by atoms with Crippen LogP contribution in [0.4, 0.5) is 0 Å². The van der Waals surface area contributed by atoms with Crippen molar-refractivity contribution in [2.45, 2.75) is 143 Å². The Balaban J connectivity index is 3.84. The van der Waals surface area contributed by atoms with Crippen LogP contribution >= 0.6 is 7.26 Å². The maximum atomic E-state index is 4.31. The number of hydrogen-bond donors (Lipinski definition) is 0. The van der Waals surface area contributed by atoms with Crippen LogP contribution in [0.5, 0.6) is 0 Å². The second kappa shape index (κ2) is 21.4. The molecule has 0 radical (unpaired) electrons. The Labute approximate surface area is 187 Å². The summed E-state index contributed by atoms with van der Waals surface area (Å²) in [6.45, 7) is 13.6. The van der Waals surface area contributed by atoms with E-state index in [0.29, 0.717) is 0 Å². The molecule has 0 bridgehead atoms. The molecule has 0 aliphatic rings. The van der Waals surface area contributed by atoms with Crippen LogP contribution in [0.1, 0.15) is 143 Å². The third kappa shape index (κ3) is 18.6. The minimum atomic E-state index is -1.10. The Bertz CT molecular complexity index is 338. The molecule has 0 spiro atoms. The van der Waals surface area contributed by atoms with Gasteiger partial charge < -0.3 is 0 Å². The minimum Gasteiger partial charge on any atom is -0.0654 e. The van der Waals surface area contributed by atoms with Crippen LogP contribution in [0.25, 0.3) is 0 Å². The van der Waals surface area contributed by atoms with E-state index in [2.05, 4.69) is 34.3 Å². The molecule has 0 nitrogen and oxygen atoms in total. The predicted octanol–water partition coefficient (Wildman–Crippen LogP) is 10.4. The molecular weight excluding hydrogens is 367 g/mol. The number of hydrogen-bond acceptors (Lipinski definition) is 0. The fourth-order valence-corrected chi connectivity index (χ4v) is 10.8. The molecule has 0 aliphatic heterocycles. The molecule has 0 saturated carbocycles. The van der Waals surface area contributed by atoms with Crippen molar-refractivity contribution in [3.63, 3.8) is 0 Å². The fourth-order valence-electron chi connectivity index (χ4n) is 5.08. The molecule has 0 aromatic heterocycles. The average Bonchev–Trinajstić information content (AvgIpc) is 2.70. The van der Waals surface area contributed by atoms with Gasteiger partial charge in [0.15, 0.2) is 0 Å². The molecule has 0 amide bonds. The van der Waals surface area contributed by atoms with Gasteiger partial charge in [0.05, 0.1) is 0 Å². The van der Waals surface area contributed by atoms with E-state index in [1.165, 1.54) is 127 Å². The van der Waals surface area contributed by atoms with E-state index in [1.807, 2.05) is 0 Å². The van der Waals surface area contributed by atoms with Gasteiger partial charge in [-0.1, -0.05) is 26.2 Å². The first kappa shape index (κ1) is 29.2. The topological polar surface area (TPSA) is 0 Å². The summed E-state index contributed by atoms with van der Waals surface area (Å²) in [5, 5.41) is 0. The smallest absolute Gasteiger partial charge is 0.0654 e. The van der Waals surface area contributed by atoms with Gasteiger partial charge in [-0.15, -0.1) is 0 Å². The van der Waals surface area contributed by atoms with E-state index in [-0.39, 0.29) is 0 Å². The van der Waals surface area contributed by atoms with Gasteiger partial charge in [0.25, 0.3) is 0 Å². The van der Waals surface area contributed by atoms with Gasteiger partial charge in [-0.05, 0) is 0 Å². The van der Waals surface area contributed by atoms with Crippen molar-refractivity contribution in [1.29, 1.82) is 0 Å². The van der Waals surface area contributed by atoms with Crippen molar-refractivity contribution in [2.75, 3.05) is 24.6 Å². The first-order chi connectivity index (χ1) is 14.1. The molecule has 0 aliphatic carbocycles. The molecule has 0 saturated heterocycles. The van der Waals surface area contributed by atoms with E-state index in [9.17, 15) is 0 Å². The summed E-state index contributed by atoms with van der Waals surface area (Å²) >= 11 is 0. The predicted molar refractivity (Wildman–Crippen MR) is 143 cm³/mol. The Hall–Kier alpha value is 0.170. The van der Waals surface area contributed by atoms with E-state index >= 15 is 0 Å². The zero-order valence-corrected chi connectivity index (χ0v) is 22.3. The van der Waals surface area contributed by atoms with Gasteiger partial charge >= 0.3 is 161 Å². The number of allylic oxidation sites excluding steroid dienone is 1. The molecule has 0 unspecified atom stereocenters. The van der Waals surface area contributed by atoms with Crippen LogP contribution in [-0.4, -0.2) is 24.6 Å². The van der Waals surface area contributed by atoms with Crippen LogP contribution in [0.2, 0.25) is 0 Å². The minimum absolute atomic E-state index is 1.10. The van der Waals surface area contributed by atoms with Crippen molar-refractivity contribution >= 4 is 7.26 Å². The third-order valence-electron chi connectivity index (χ3n) is 6.86. The van der Waals surface area contributed by atoms with Gasteiger partial charge in [0, 0.05) is 0 Å². The van der Waals surface area contributed by atoms with E-state index < -0.39 is 7.26 Å². The second-order valence-corrected chi connectivity index (χ2v) is 15.0. The Morgan fingerprint density at radius 2 is 0.793 bits per heavy atom. The maximum absolute atomic E-state index is 4.31. The third-order valence-corrected chi connectivity index (χ3v) is 12.5. The summed E-state index contributed by atoms with van der Waals surface area (Å²) < 4.78 is 0. The van der Waals surface area contributed by atoms with Crippen LogP contribution in [0.15, 0.2) is 12.2 Å². The van der Waals surface area contributed by atoms with Crippen LogP contribution in [0, 0.1) is 0 Å². The first-order valence-electron chi connectivity index (χ1n) is 13.7. The summed E-state index contributed by atoms with van der Waals surface area (Å²) in [4.78, 5) is 0. The van der Waals surface area contributed by atoms with Crippen molar-refractivity contribution in [3.05, 3.63) is 12.2 Å². The standard InChI is InChI=1S/C28H59P/c1-6-9-12-13-14-15-16-17-18-19-20-21-22-23-26-29(24-10-7-2,25-11-8-3)27-28(4)5/h29H,4,6-27H2,1-3,5H3. The summed E-state index contributed by atoms with van der Waals surface area (Å²) in [5.74, 6) is 0. The van der Waals surface area contributed by atoms with E-state index in [4.69, 9.17) is 0 Å². The fraction of sp³-hybridized carbons (Fsp3) is 0.929. The van der Waals surface area contributed by atoms with Gasteiger partial charge in [0.2, 0.25) is 0 Å². The quantitative estimate of drug-likeness (QED) is 0.0865. The zero-order valence-electron chi connectivity index (χ0n) is 21.3. The van der Waals surface area contributed by atoms with Gasteiger partial charge in [-0.25, -0.2) is 0 Å². The zero-order chi connectivity index (χ0) is 21.6. The molecular formula is C28H59P. The van der Waals surface area contributed by atoms with Crippen LogP contribution in [0.3, 0.4) is 0 Å².